The molecule has 1 aromatic heterocycles. The molecule has 0 radical (unpaired) electrons. The quantitative estimate of drug-likeness (QED) is 0.429. The van der Waals surface area contributed by atoms with Gasteiger partial charge in [-0.05, 0) is 62.6 Å². The second kappa shape index (κ2) is 10.3. The van der Waals surface area contributed by atoms with Gasteiger partial charge in [0.1, 0.15) is 27.1 Å². The van der Waals surface area contributed by atoms with Gasteiger partial charge in [-0.3, -0.25) is 4.90 Å². The van der Waals surface area contributed by atoms with Crippen molar-refractivity contribution in [3.05, 3.63) is 75.7 Å². The molecule has 9 nitrogen and oxygen atoms in total. The summed E-state index contributed by atoms with van der Waals surface area (Å²) in [6.07, 6.45) is 0.544. The van der Waals surface area contributed by atoms with E-state index in [1.165, 1.54) is 11.3 Å². The number of thiophene rings is 1. The summed E-state index contributed by atoms with van der Waals surface area (Å²) in [5.74, 6) is 0.691. The molecule has 3 heterocycles. The van der Waals surface area contributed by atoms with E-state index in [-0.39, 0.29) is 10.9 Å². The lowest BCUT2D eigenvalue weighted by Gasteiger charge is -2.36. The number of ether oxygens (including phenoxy) is 2. The number of amidine groups is 1. The number of nitrogens with zero attached hydrogens (tertiary/aromatic N) is 2. The lowest BCUT2D eigenvalue weighted by atomic mass is 9.95. The first-order chi connectivity index (χ1) is 18.4. The van der Waals surface area contributed by atoms with Gasteiger partial charge in [-0.15, -0.1) is 15.7 Å². The zero-order chi connectivity index (χ0) is 27.9. The average molecular weight is 569 g/mol. The van der Waals surface area contributed by atoms with E-state index in [1.54, 1.807) is 31.4 Å². The summed E-state index contributed by atoms with van der Waals surface area (Å²) in [6.45, 7) is 7.15. The summed E-state index contributed by atoms with van der Waals surface area (Å²) in [4.78, 5) is 16.6. The summed E-state index contributed by atoms with van der Waals surface area (Å²) in [5, 5.41) is 3.74. The molecule has 0 fully saturated rings. The van der Waals surface area contributed by atoms with Gasteiger partial charge in [-0.1, -0.05) is 24.3 Å². The van der Waals surface area contributed by atoms with E-state index in [4.69, 9.17) is 15.2 Å². The van der Waals surface area contributed by atoms with Gasteiger partial charge in [-0.25, -0.2) is 4.79 Å². The fourth-order valence-electron chi connectivity index (χ4n) is 4.91. The Morgan fingerprint density at radius 1 is 1.18 bits per heavy atom. The van der Waals surface area contributed by atoms with E-state index in [0.717, 1.165) is 21.8 Å². The van der Waals surface area contributed by atoms with E-state index in [2.05, 4.69) is 14.6 Å². The van der Waals surface area contributed by atoms with E-state index in [1.807, 2.05) is 45.0 Å². The van der Waals surface area contributed by atoms with E-state index >= 15 is 0 Å². The monoisotopic (exact) mass is 568 g/mol. The van der Waals surface area contributed by atoms with Crippen LogP contribution in [-0.4, -0.2) is 50.4 Å². The first-order valence-electron chi connectivity index (χ1n) is 12.6. The SMILES string of the molecule is COc1ccc(CN2Cc3sc(N)c(C(=O)OC(C)(C)C)c3CC2CNC2=NS(=O)(=O)c3ccccc32)cc1. The Bertz CT molecular complexity index is 1540. The molecule has 0 bridgehead atoms. The zero-order valence-electron chi connectivity index (χ0n) is 22.4. The second-order valence-corrected chi connectivity index (χ2v) is 13.4. The van der Waals surface area contributed by atoms with Crippen molar-refractivity contribution in [2.75, 3.05) is 19.4 Å². The molecule has 0 saturated carbocycles. The Morgan fingerprint density at radius 2 is 1.90 bits per heavy atom. The number of anilines is 1. The summed E-state index contributed by atoms with van der Waals surface area (Å²) >= 11 is 1.42. The molecular formula is C28H32N4O5S2. The Labute approximate surface area is 232 Å². The molecule has 1 unspecified atom stereocenters. The number of hydrogen-bond donors (Lipinski definition) is 2. The Morgan fingerprint density at radius 3 is 2.59 bits per heavy atom. The Hall–Kier alpha value is -3.41. The van der Waals surface area contributed by atoms with Gasteiger partial charge >= 0.3 is 5.97 Å². The van der Waals surface area contributed by atoms with Crippen LogP contribution in [0.15, 0.2) is 57.8 Å². The van der Waals surface area contributed by atoms with Crippen LogP contribution >= 0.6 is 11.3 Å². The number of rotatable bonds is 6. The lowest BCUT2D eigenvalue weighted by molar-refractivity contribution is 0.00688. The molecule has 0 spiro atoms. The standard InChI is InChI=1S/C28H32N4O5S2/c1-28(2,3)37-27(33)24-21-13-18(14-30-26-20-7-5-6-8-23(20)39(34,35)31-26)32(16-22(21)38-25(24)29)15-17-9-11-19(36-4)12-10-17/h5-12,18H,13-16,29H2,1-4H3,(H,30,31). The minimum Gasteiger partial charge on any atom is -0.497 e. The van der Waals surface area contributed by atoms with Crippen molar-refractivity contribution in [3.8, 4) is 5.75 Å². The predicted molar refractivity (Wildman–Crippen MR) is 152 cm³/mol. The van der Waals surface area contributed by atoms with E-state index in [0.29, 0.717) is 48.0 Å². The van der Waals surface area contributed by atoms with Crippen molar-refractivity contribution >= 4 is 38.2 Å². The molecular weight excluding hydrogens is 536 g/mol. The number of hydrogen-bond acceptors (Lipinski definition) is 9. The number of carbonyl (C=O) groups is 1. The van der Waals surface area contributed by atoms with Gasteiger partial charge in [0.25, 0.3) is 10.0 Å². The number of nitrogens with two attached hydrogens (primary N) is 1. The number of nitrogens with one attached hydrogen (secondary N) is 1. The van der Waals surface area contributed by atoms with Crippen LogP contribution in [0, 0.1) is 0 Å². The van der Waals surface area contributed by atoms with Gasteiger partial charge in [0, 0.05) is 36.1 Å². The lowest BCUT2D eigenvalue weighted by Crippen LogP contribution is -2.47. The van der Waals surface area contributed by atoms with Crippen LogP contribution in [0.2, 0.25) is 0 Å². The molecule has 5 rings (SSSR count). The second-order valence-electron chi connectivity index (χ2n) is 10.6. The fraction of sp³-hybridized carbons (Fsp3) is 0.357. The summed E-state index contributed by atoms with van der Waals surface area (Å²) in [6, 6.07) is 14.6. The highest BCUT2D eigenvalue weighted by Crippen LogP contribution is 2.38. The van der Waals surface area contributed by atoms with Crippen LogP contribution in [0.4, 0.5) is 5.00 Å². The maximum absolute atomic E-state index is 13.1. The summed E-state index contributed by atoms with van der Waals surface area (Å²) < 4.78 is 40.1. The molecule has 2 aliphatic rings. The van der Waals surface area contributed by atoms with Crippen LogP contribution in [0.1, 0.15) is 52.7 Å². The zero-order valence-corrected chi connectivity index (χ0v) is 24.0. The number of nitrogen functional groups attached to an aromatic ring is 1. The molecule has 2 aliphatic heterocycles. The van der Waals surface area contributed by atoms with Crippen molar-refractivity contribution in [1.29, 1.82) is 0 Å². The van der Waals surface area contributed by atoms with Crippen LogP contribution in [0.25, 0.3) is 0 Å². The average Bonchev–Trinajstić information content (AvgIpc) is 3.33. The van der Waals surface area contributed by atoms with Crippen molar-refractivity contribution in [1.82, 2.24) is 10.2 Å². The van der Waals surface area contributed by atoms with Crippen LogP contribution in [-0.2, 0) is 34.3 Å². The largest absolute Gasteiger partial charge is 0.497 e. The molecule has 2 aromatic carbocycles. The highest BCUT2D eigenvalue weighted by atomic mass is 32.2. The maximum Gasteiger partial charge on any atom is 0.341 e. The third-order valence-electron chi connectivity index (χ3n) is 6.71. The third-order valence-corrected chi connectivity index (χ3v) is 9.09. The third kappa shape index (κ3) is 5.66. The normalized spacial score (nSPS) is 18.2. The Kier molecular flexibility index (Phi) is 7.17. The molecule has 1 atom stereocenters. The molecule has 0 saturated heterocycles. The van der Waals surface area contributed by atoms with Crippen LogP contribution < -0.4 is 15.8 Å². The van der Waals surface area contributed by atoms with E-state index < -0.39 is 21.6 Å². The molecule has 39 heavy (non-hydrogen) atoms. The fourth-order valence-corrected chi connectivity index (χ4v) is 7.22. The first-order valence-corrected chi connectivity index (χ1v) is 14.9. The van der Waals surface area contributed by atoms with Crippen molar-refractivity contribution in [3.63, 3.8) is 0 Å². The minimum atomic E-state index is -3.73. The number of sulfonamides is 1. The van der Waals surface area contributed by atoms with Gasteiger partial charge in [0.15, 0.2) is 0 Å². The number of esters is 1. The first kappa shape index (κ1) is 27.2. The highest BCUT2D eigenvalue weighted by molar-refractivity contribution is 7.90. The highest BCUT2D eigenvalue weighted by Gasteiger charge is 2.35. The van der Waals surface area contributed by atoms with E-state index in [9.17, 15) is 13.2 Å². The maximum atomic E-state index is 13.1. The summed E-state index contributed by atoms with van der Waals surface area (Å²) in [7, 11) is -2.10. The smallest absolute Gasteiger partial charge is 0.341 e. The molecule has 3 N–H and O–H groups in total. The molecule has 0 amide bonds. The number of methoxy groups -OCH3 is 1. The minimum absolute atomic E-state index is 0.0760. The Balaban J connectivity index is 1.44. The number of fused-ring (bicyclic) bond motifs is 2. The van der Waals surface area contributed by atoms with Crippen LogP contribution in [0.5, 0.6) is 5.75 Å². The topological polar surface area (TPSA) is 123 Å². The molecule has 3 aromatic rings. The van der Waals surface area contributed by atoms with Gasteiger partial charge in [-0.2, -0.15) is 8.42 Å². The van der Waals surface area contributed by atoms with Crippen molar-refractivity contribution in [2.24, 2.45) is 4.40 Å². The van der Waals surface area contributed by atoms with Crippen LogP contribution in [0.3, 0.4) is 0 Å². The van der Waals surface area contributed by atoms with Crippen molar-refractivity contribution < 1.29 is 22.7 Å². The predicted octanol–water partition coefficient (Wildman–Crippen LogP) is 3.96. The van der Waals surface area contributed by atoms with Crippen molar-refractivity contribution in [2.45, 2.75) is 56.8 Å². The van der Waals surface area contributed by atoms with Gasteiger partial charge in [0.05, 0.1) is 12.7 Å². The molecule has 11 heteroatoms. The van der Waals surface area contributed by atoms with Gasteiger partial charge < -0.3 is 20.5 Å². The molecule has 0 aliphatic carbocycles. The molecule has 206 valence electrons. The van der Waals surface area contributed by atoms with Gasteiger partial charge in [0.2, 0.25) is 0 Å². The summed E-state index contributed by atoms with van der Waals surface area (Å²) in [5.41, 5.74) is 8.71. The number of benzene rings is 2. The number of carbonyl (C=O) groups excluding carboxylic acids is 1.